The Morgan fingerprint density at radius 2 is 1.89 bits per heavy atom. The Balaban J connectivity index is 1.44. The van der Waals surface area contributed by atoms with E-state index in [0.29, 0.717) is 24.7 Å². The molecule has 1 amide bonds. The van der Waals surface area contributed by atoms with Gasteiger partial charge >= 0.3 is 0 Å². The fourth-order valence-electron chi connectivity index (χ4n) is 3.09. The standard InChI is InChI=1S/C22H27NO5/c1-15(27-18-10-8-17(25-4)9-11-18)21(24)23-12-13-26-19-7-5-6-16-14-22(2,3)28-20(16)19/h5-11,15H,12-14H2,1-4H3,(H,23,24). The lowest BCUT2D eigenvalue weighted by Crippen LogP contribution is -2.38. The molecule has 0 radical (unpaired) electrons. The van der Waals surface area contributed by atoms with Gasteiger partial charge in [-0.1, -0.05) is 12.1 Å². The first-order valence-electron chi connectivity index (χ1n) is 9.40. The Morgan fingerprint density at radius 1 is 1.18 bits per heavy atom. The van der Waals surface area contributed by atoms with Gasteiger partial charge in [0.25, 0.3) is 5.91 Å². The smallest absolute Gasteiger partial charge is 0.260 e. The van der Waals surface area contributed by atoms with E-state index in [0.717, 1.165) is 23.5 Å². The van der Waals surface area contributed by atoms with Crippen LogP contribution in [0, 0.1) is 0 Å². The van der Waals surface area contributed by atoms with Crippen molar-refractivity contribution in [3.05, 3.63) is 48.0 Å². The summed E-state index contributed by atoms with van der Waals surface area (Å²) in [6.07, 6.45) is 0.245. The van der Waals surface area contributed by atoms with Crippen molar-refractivity contribution in [2.45, 2.75) is 38.9 Å². The number of fused-ring (bicyclic) bond motifs is 1. The quantitative estimate of drug-likeness (QED) is 0.706. The van der Waals surface area contributed by atoms with E-state index in [9.17, 15) is 4.79 Å². The number of carbonyl (C=O) groups is 1. The first-order valence-corrected chi connectivity index (χ1v) is 9.40. The maximum absolute atomic E-state index is 12.2. The van der Waals surface area contributed by atoms with Crippen molar-refractivity contribution in [1.82, 2.24) is 5.32 Å². The Bertz CT molecular complexity index is 816. The van der Waals surface area contributed by atoms with Gasteiger partial charge in [0.15, 0.2) is 17.6 Å². The van der Waals surface area contributed by atoms with Crippen LogP contribution in [0.25, 0.3) is 0 Å². The normalized spacial score (nSPS) is 15.1. The second-order valence-electron chi connectivity index (χ2n) is 7.36. The minimum absolute atomic E-state index is 0.199. The van der Waals surface area contributed by atoms with Gasteiger partial charge in [0, 0.05) is 12.0 Å². The number of benzene rings is 2. The molecule has 1 aliphatic rings. The predicted molar refractivity (Wildman–Crippen MR) is 106 cm³/mol. The number of hydrogen-bond donors (Lipinski definition) is 1. The number of carbonyl (C=O) groups excluding carboxylic acids is 1. The molecule has 6 heteroatoms. The number of rotatable bonds is 8. The van der Waals surface area contributed by atoms with Crippen LogP contribution in [0.2, 0.25) is 0 Å². The van der Waals surface area contributed by atoms with Gasteiger partial charge in [0.05, 0.1) is 13.7 Å². The molecule has 0 fully saturated rings. The number of methoxy groups -OCH3 is 1. The fraction of sp³-hybridized carbons (Fsp3) is 0.409. The molecule has 1 unspecified atom stereocenters. The average Bonchev–Trinajstić information content (AvgIpc) is 3.00. The zero-order chi connectivity index (χ0) is 20.1. The number of nitrogens with one attached hydrogen (secondary N) is 1. The molecule has 0 aliphatic carbocycles. The van der Waals surface area contributed by atoms with Gasteiger partial charge in [0.2, 0.25) is 0 Å². The number of amides is 1. The summed E-state index contributed by atoms with van der Waals surface area (Å²) in [6.45, 7) is 6.55. The van der Waals surface area contributed by atoms with E-state index in [1.165, 1.54) is 0 Å². The Labute approximate surface area is 165 Å². The van der Waals surface area contributed by atoms with Gasteiger partial charge in [-0.25, -0.2) is 0 Å². The van der Waals surface area contributed by atoms with Crippen molar-refractivity contribution in [2.75, 3.05) is 20.3 Å². The zero-order valence-corrected chi connectivity index (χ0v) is 16.8. The maximum Gasteiger partial charge on any atom is 0.260 e. The molecule has 150 valence electrons. The van der Waals surface area contributed by atoms with E-state index in [1.54, 1.807) is 38.3 Å². The largest absolute Gasteiger partial charge is 0.497 e. The molecular weight excluding hydrogens is 358 g/mol. The second kappa shape index (κ2) is 8.42. The van der Waals surface area contributed by atoms with Crippen LogP contribution in [0.5, 0.6) is 23.0 Å². The molecule has 0 aromatic heterocycles. The van der Waals surface area contributed by atoms with E-state index >= 15 is 0 Å². The summed E-state index contributed by atoms with van der Waals surface area (Å²) in [7, 11) is 1.60. The summed E-state index contributed by atoms with van der Waals surface area (Å²) in [5.74, 6) is 2.66. The van der Waals surface area contributed by atoms with Crippen molar-refractivity contribution in [1.29, 1.82) is 0 Å². The van der Waals surface area contributed by atoms with Crippen LogP contribution < -0.4 is 24.3 Å². The lowest BCUT2D eigenvalue weighted by Gasteiger charge is -2.18. The third-order valence-electron chi connectivity index (χ3n) is 4.46. The topological polar surface area (TPSA) is 66.0 Å². The monoisotopic (exact) mass is 385 g/mol. The highest BCUT2D eigenvalue weighted by atomic mass is 16.5. The van der Waals surface area contributed by atoms with Gasteiger partial charge < -0.3 is 24.3 Å². The molecule has 6 nitrogen and oxygen atoms in total. The third kappa shape index (κ3) is 4.88. The molecule has 1 aliphatic heterocycles. The van der Waals surface area contributed by atoms with E-state index < -0.39 is 6.10 Å². The van der Waals surface area contributed by atoms with Crippen LogP contribution in [-0.4, -0.2) is 37.9 Å². The first kappa shape index (κ1) is 19.9. The molecule has 3 rings (SSSR count). The van der Waals surface area contributed by atoms with Crippen LogP contribution in [0.1, 0.15) is 26.3 Å². The molecule has 2 aromatic rings. The van der Waals surface area contributed by atoms with E-state index in [-0.39, 0.29) is 11.5 Å². The summed E-state index contributed by atoms with van der Waals surface area (Å²) < 4.78 is 22.6. The summed E-state index contributed by atoms with van der Waals surface area (Å²) in [5, 5.41) is 2.83. The second-order valence-corrected chi connectivity index (χ2v) is 7.36. The molecule has 1 heterocycles. The fourth-order valence-corrected chi connectivity index (χ4v) is 3.09. The summed E-state index contributed by atoms with van der Waals surface area (Å²) in [5.41, 5.74) is 0.928. The van der Waals surface area contributed by atoms with Crippen LogP contribution in [0.4, 0.5) is 0 Å². The van der Waals surface area contributed by atoms with Gasteiger partial charge in [-0.3, -0.25) is 4.79 Å². The van der Waals surface area contributed by atoms with E-state index in [1.807, 2.05) is 12.1 Å². The average molecular weight is 385 g/mol. The van der Waals surface area contributed by atoms with Crippen molar-refractivity contribution in [2.24, 2.45) is 0 Å². The van der Waals surface area contributed by atoms with Crippen LogP contribution in [0.3, 0.4) is 0 Å². The molecule has 0 spiro atoms. The zero-order valence-electron chi connectivity index (χ0n) is 16.8. The van der Waals surface area contributed by atoms with Crippen molar-refractivity contribution in [3.63, 3.8) is 0 Å². The minimum atomic E-state index is -0.613. The third-order valence-corrected chi connectivity index (χ3v) is 4.46. The number of para-hydroxylation sites is 1. The van der Waals surface area contributed by atoms with Gasteiger partial charge in [0.1, 0.15) is 23.7 Å². The van der Waals surface area contributed by atoms with E-state index in [2.05, 4.69) is 25.2 Å². The van der Waals surface area contributed by atoms with Crippen molar-refractivity contribution in [3.8, 4) is 23.0 Å². The Morgan fingerprint density at radius 3 is 2.61 bits per heavy atom. The van der Waals surface area contributed by atoms with Crippen molar-refractivity contribution >= 4 is 5.91 Å². The first-order chi connectivity index (χ1) is 13.4. The van der Waals surface area contributed by atoms with Crippen LogP contribution >= 0.6 is 0 Å². The molecule has 1 N–H and O–H groups in total. The van der Waals surface area contributed by atoms with E-state index in [4.69, 9.17) is 18.9 Å². The summed E-state index contributed by atoms with van der Waals surface area (Å²) in [4.78, 5) is 12.2. The Kier molecular flexibility index (Phi) is 5.97. The highest BCUT2D eigenvalue weighted by Gasteiger charge is 2.32. The molecule has 0 saturated carbocycles. The molecule has 28 heavy (non-hydrogen) atoms. The summed E-state index contributed by atoms with van der Waals surface area (Å²) >= 11 is 0. The molecule has 1 atom stereocenters. The Hall–Kier alpha value is -2.89. The maximum atomic E-state index is 12.2. The predicted octanol–water partition coefficient (Wildman–Crippen LogP) is 3.37. The number of ether oxygens (including phenoxy) is 4. The molecule has 2 aromatic carbocycles. The van der Waals surface area contributed by atoms with Crippen molar-refractivity contribution < 1.29 is 23.7 Å². The van der Waals surface area contributed by atoms with Crippen LogP contribution in [0.15, 0.2) is 42.5 Å². The number of hydrogen-bond acceptors (Lipinski definition) is 5. The molecular formula is C22H27NO5. The summed E-state index contributed by atoms with van der Waals surface area (Å²) in [6, 6.07) is 13.0. The molecule has 0 bridgehead atoms. The highest BCUT2D eigenvalue weighted by Crippen LogP contribution is 2.41. The highest BCUT2D eigenvalue weighted by molar-refractivity contribution is 5.80. The molecule has 0 saturated heterocycles. The minimum Gasteiger partial charge on any atom is -0.497 e. The van der Waals surface area contributed by atoms with Crippen LogP contribution in [-0.2, 0) is 11.2 Å². The SMILES string of the molecule is COc1ccc(OC(C)C(=O)NCCOc2cccc3c2OC(C)(C)C3)cc1. The lowest BCUT2D eigenvalue weighted by atomic mass is 10.0. The lowest BCUT2D eigenvalue weighted by molar-refractivity contribution is -0.127. The van der Waals surface area contributed by atoms with Gasteiger partial charge in [-0.15, -0.1) is 0 Å². The van der Waals surface area contributed by atoms with Gasteiger partial charge in [-0.05, 0) is 51.1 Å². The van der Waals surface area contributed by atoms with Gasteiger partial charge in [-0.2, -0.15) is 0 Å².